The molecule has 3 saturated carbocycles. The van der Waals surface area contributed by atoms with E-state index in [4.69, 9.17) is 4.74 Å². The molecule has 5 unspecified atom stereocenters. The van der Waals surface area contributed by atoms with Crippen LogP contribution in [0.4, 0.5) is 0 Å². The number of fused-ring (bicyclic) bond motifs is 7. The van der Waals surface area contributed by atoms with Gasteiger partial charge in [0.05, 0.1) is 16.4 Å². The summed E-state index contributed by atoms with van der Waals surface area (Å²) >= 11 is 0. The third-order valence-corrected chi connectivity index (χ3v) is 12.1. The lowest BCUT2D eigenvalue weighted by Crippen LogP contribution is -2.58. The van der Waals surface area contributed by atoms with Crippen LogP contribution >= 0.6 is 0 Å². The molecule has 4 heteroatoms. The summed E-state index contributed by atoms with van der Waals surface area (Å²) in [5, 5.41) is 12.5. The minimum absolute atomic E-state index is 0.0161. The monoisotopic (exact) mass is 450 g/mol. The van der Waals surface area contributed by atoms with Gasteiger partial charge < -0.3 is 9.84 Å². The summed E-state index contributed by atoms with van der Waals surface area (Å²) in [6.07, 6.45) is 15.3. The standard InChI is InChI=1S/C29H38O4/c1-25(2)24(31)33-22-16-26(25,3)15-21(22)29(32)14-12-19-18-10-9-17-7-6-8-23(30)28(17,5)20(18)11-13-27(19,29)4/h6-10,18-22,32H,11-16H2,1-5H3/t18?,19?,20?,21?,22-,26?,27+,28+,29+/m1/s1. The number of esters is 1. The molecular formula is C29H38O4. The topological polar surface area (TPSA) is 63.6 Å². The molecule has 9 atom stereocenters. The van der Waals surface area contributed by atoms with Crippen molar-refractivity contribution in [3.05, 3.63) is 36.0 Å². The molecule has 1 saturated heterocycles. The van der Waals surface area contributed by atoms with Crippen LogP contribution in [0.3, 0.4) is 0 Å². The summed E-state index contributed by atoms with van der Waals surface area (Å²) < 4.78 is 6.01. The van der Waals surface area contributed by atoms with Gasteiger partial charge in [-0.15, -0.1) is 0 Å². The molecule has 6 rings (SSSR count). The first-order valence-electron chi connectivity index (χ1n) is 12.9. The molecule has 178 valence electrons. The Hall–Kier alpha value is -1.68. The SMILES string of the molecule is CC12CC([C@@]3(O)CCC4C5C=CC6=CC=CC(=O)[C@]6(C)C5CC[C@@]43C)[C@@H](C1)OC(=O)C2(C)C. The Morgan fingerprint density at radius 3 is 2.42 bits per heavy atom. The summed E-state index contributed by atoms with van der Waals surface area (Å²) in [4.78, 5) is 25.9. The van der Waals surface area contributed by atoms with E-state index in [0.29, 0.717) is 11.8 Å². The Kier molecular flexibility index (Phi) is 4.17. The van der Waals surface area contributed by atoms with E-state index in [-0.39, 0.29) is 40.5 Å². The number of allylic oxidation sites excluding steroid dienone is 6. The molecular weight excluding hydrogens is 412 g/mol. The summed E-state index contributed by atoms with van der Waals surface area (Å²) in [5.41, 5.74) is -1.06. The average molecular weight is 451 g/mol. The van der Waals surface area contributed by atoms with Gasteiger partial charge in [0.2, 0.25) is 0 Å². The predicted molar refractivity (Wildman–Crippen MR) is 126 cm³/mol. The molecule has 6 aliphatic rings. The fourth-order valence-corrected chi connectivity index (χ4v) is 9.29. The van der Waals surface area contributed by atoms with Crippen LogP contribution in [0.5, 0.6) is 0 Å². The number of ketones is 1. The minimum Gasteiger partial charge on any atom is -0.462 e. The first kappa shape index (κ1) is 21.8. The van der Waals surface area contributed by atoms with Gasteiger partial charge in [0.25, 0.3) is 0 Å². The fourth-order valence-electron chi connectivity index (χ4n) is 9.29. The Labute approximate surface area is 197 Å². The molecule has 0 radical (unpaired) electrons. The first-order valence-corrected chi connectivity index (χ1v) is 12.9. The van der Waals surface area contributed by atoms with Crippen LogP contribution in [0.2, 0.25) is 0 Å². The van der Waals surface area contributed by atoms with Crippen LogP contribution in [0.25, 0.3) is 0 Å². The van der Waals surface area contributed by atoms with Crippen molar-refractivity contribution in [3.63, 3.8) is 0 Å². The van der Waals surface area contributed by atoms with Crippen molar-refractivity contribution in [2.45, 2.75) is 84.8 Å². The average Bonchev–Trinajstić information content (AvgIpc) is 3.22. The fraction of sp³-hybridized carbons (Fsp3) is 0.724. The third-order valence-electron chi connectivity index (χ3n) is 12.1. The molecule has 1 heterocycles. The van der Waals surface area contributed by atoms with E-state index in [0.717, 1.165) is 44.1 Å². The smallest absolute Gasteiger partial charge is 0.312 e. The quantitative estimate of drug-likeness (QED) is 0.560. The Bertz CT molecular complexity index is 1030. The van der Waals surface area contributed by atoms with E-state index in [9.17, 15) is 14.7 Å². The van der Waals surface area contributed by atoms with Gasteiger partial charge >= 0.3 is 5.97 Å². The minimum atomic E-state index is -0.840. The van der Waals surface area contributed by atoms with Gasteiger partial charge in [-0.3, -0.25) is 9.59 Å². The largest absolute Gasteiger partial charge is 0.462 e. The van der Waals surface area contributed by atoms with Crippen molar-refractivity contribution in [1.82, 2.24) is 0 Å². The van der Waals surface area contributed by atoms with E-state index < -0.39 is 16.4 Å². The molecule has 0 aromatic heterocycles. The molecule has 33 heavy (non-hydrogen) atoms. The van der Waals surface area contributed by atoms with Crippen molar-refractivity contribution in [2.24, 2.45) is 45.3 Å². The summed E-state index contributed by atoms with van der Waals surface area (Å²) in [5.74, 6) is 1.02. The Morgan fingerprint density at radius 2 is 1.67 bits per heavy atom. The van der Waals surface area contributed by atoms with Crippen LogP contribution < -0.4 is 0 Å². The number of carbonyl (C=O) groups is 2. The van der Waals surface area contributed by atoms with Crippen LogP contribution in [0, 0.1) is 45.3 Å². The van der Waals surface area contributed by atoms with Crippen molar-refractivity contribution in [2.75, 3.05) is 0 Å². The van der Waals surface area contributed by atoms with E-state index in [1.54, 1.807) is 6.08 Å². The molecule has 4 nitrogen and oxygen atoms in total. The molecule has 2 bridgehead atoms. The normalized spacial score (nSPS) is 53.8. The van der Waals surface area contributed by atoms with Gasteiger partial charge in [-0.25, -0.2) is 0 Å². The lowest BCUT2D eigenvalue weighted by Gasteiger charge is -2.57. The highest BCUT2D eigenvalue weighted by atomic mass is 16.5. The molecule has 1 aliphatic heterocycles. The van der Waals surface area contributed by atoms with Crippen LogP contribution in [-0.2, 0) is 14.3 Å². The second-order valence-electron chi connectivity index (χ2n) is 13.3. The highest BCUT2D eigenvalue weighted by Crippen LogP contribution is 2.70. The maximum absolute atomic E-state index is 13.1. The summed E-state index contributed by atoms with van der Waals surface area (Å²) in [6, 6.07) is 0. The highest BCUT2D eigenvalue weighted by Gasteiger charge is 2.71. The summed E-state index contributed by atoms with van der Waals surface area (Å²) in [7, 11) is 0. The maximum Gasteiger partial charge on any atom is 0.312 e. The van der Waals surface area contributed by atoms with Crippen molar-refractivity contribution >= 4 is 11.8 Å². The molecule has 5 aliphatic carbocycles. The second kappa shape index (κ2) is 6.30. The van der Waals surface area contributed by atoms with Gasteiger partial charge in [0.15, 0.2) is 5.78 Å². The maximum atomic E-state index is 13.1. The van der Waals surface area contributed by atoms with Gasteiger partial charge in [-0.05, 0) is 94.1 Å². The predicted octanol–water partition coefficient (Wildman–Crippen LogP) is 5.17. The van der Waals surface area contributed by atoms with Crippen molar-refractivity contribution in [3.8, 4) is 0 Å². The van der Waals surface area contributed by atoms with Crippen LogP contribution in [0.15, 0.2) is 36.0 Å². The number of carbonyl (C=O) groups excluding carboxylic acids is 2. The second-order valence-corrected chi connectivity index (χ2v) is 13.3. The van der Waals surface area contributed by atoms with Gasteiger partial charge in [0.1, 0.15) is 6.10 Å². The van der Waals surface area contributed by atoms with Crippen LogP contribution in [0.1, 0.15) is 73.1 Å². The third kappa shape index (κ3) is 2.37. The van der Waals surface area contributed by atoms with Gasteiger partial charge in [0, 0.05) is 11.3 Å². The van der Waals surface area contributed by atoms with E-state index in [1.165, 1.54) is 0 Å². The first-order chi connectivity index (χ1) is 15.4. The van der Waals surface area contributed by atoms with E-state index in [1.807, 2.05) is 19.9 Å². The number of rotatable bonds is 1. The Morgan fingerprint density at radius 1 is 0.939 bits per heavy atom. The van der Waals surface area contributed by atoms with Gasteiger partial charge in [-0.2, -0.15) is 0 Å². The van der Waals surface area contributed by atoms with Gasteiger partial charge in [-0.1, -0.05) is 38.2 Å². The lowest BCUT2D eigenvalue weighted by molar-refractivity contribution is -0.187. The molecule has 0 amide bonds. The van der Waals surface area contributed by atoms with Crippen LogP contribution in [-0.4, -0.2) is 28.6 Å². The molecule has 1 N–H and O–H groups in total. The van der Waals surface area contributed by atoms with E-state index >= 15 is 0 Å². The molecule has 0 aromatic rings. The van der Waals surface area contributed by atoms with Crippen molar-refractivity contribution in [1.29, 1.82) is 0 Å². The number of hydrogen-bond donors (Lipinski definition) is 1. The number of hydrogen-bond acceptors (Lipinski definition) is 4. The van der Waals surface area contributed by atoms with E-state index in [2.05, 4.69) is 39.0 Å². The lowest BCUT2D eigenvalue weighted by atomic mass is 9.47. The zero-order valence-corrected chi connectivity index (χ0v) is 20.7. The number of aliphatic hydroxyl groups is 1. The zero-order chi connectivity index (χ0) is 23.6. The molecule has 4 fully saturated rings. The zero-order valence-electron chi connectivity index (χ0n) is 20.7. The number of ether oxygens (including phenoxy) is 1. The van der Waals surface area contributed by atoms with Crippen molar-refractivity contribution < 1.29 is 19.4 Å². The summed E-state index contributed by atoms with van der Waals surface area (Å²) in [6.45, 7) is 10.7. The Balaban J connectivity index is 1.36. The molecule has 0 aromatic carbocycles. The molecule has 0 spiro atoms. The highest BCUT2D eigenvalue weighted by molar-refractivity contribution is 5.99.